The second kappa shape index (κ2) is 8.23. The minimum Gasteiger partial charge on any atom is -0.377 e. The van der Waals surface area contributed by atoms with E-state index in [0.29, 0.717) is 12.2 Å². The number of rotatable bonds is 8. The van der Waals surface area contributed by atoms with Crippen LogP contribution in [0.15, 0.2) is 18.2 Å². The molecule has 19 heavy (non-hydrogen) atoms. The first-order valence-electron chi connectivity index (χ1n) is 6.89. The summed E-state index contributed by atoms with van der Waals surface area (Å²) in [7, 11) is 0. The van der Waals surface area contributed by atoms with Gasteiger partial charge in [-0.15, -0.1) is 0 Å². The Labute approximate surface area is 114 Å². The summed E-state index contributed by atoms with van der Waals surface area (Å²) in [6.07, 6.45) is 1.94. The molecule has 0 heterocycles. The van der Waals surface area contributed by atoms with Gasteiger partial charge < -0.3 is 10.1 Å². The minimum absolute atomic E-state index is 0.113. The molecule has 0 radical (unpaired) electrons. The van der Waals surface area contributed by atoms with Crippen LogP contribution in [0, 0.1) is 11.6 Å². The van der Waals surface area contributed by atoms with E-state index in [9.17, 15) is 8.78 Å². The van der Waals surface area contributed by atoms with Gasteiger partial charge in [-0.05, 0) is 32.4 Å². The Hall–Kier alpha value is -1.00. The van der Waals surface area contributed by atoms with Crippen molar-refractivity contribution in [2.75, 3.05) is 13.2 Å². The molecule has 1 rings (SSSR count). The molecular weight excluding hydrogens is 248 g/mol. The van der Waals surface area contributed by atoms with Gasteiger partial charge in [0, 0.05) is 5.56 Å². The third-order valence-corrected chi connectivity index (χ3v) is 3.12. The van der Waals surface area contributed by atoms with Crippen LogP contribution in [0.5, 0.6) is 0 Å². The maximum atomic E-state index is 13.8. The van der Waals surface area contributed by atoms with Gasteiger partial charge in [-0.1, -0.05) is 26.0 Å². The van der Waals surface area contributed by atoms with Crippen molar-refractivity contribution in [2.45, 2.75) is 45.8 Å². The normalized spacial score (nSPS) is 14.4. The summed E-state index contributed by atoms with van der Waals surface area (Å²) < 4.78 is 32.7. The minimum atomic E-state index is -0.815. The summed E-state index contributed by atoms with van der Waals surface area (Å²) in [5.41, 5.74) is 0.330. The predicted octanol–water partition coefficient (Wildman–Crippen LogP) is 3.82. The molecule has 0 aliphatic heterocycles. The zero-order valence-electron chi connectivity index (χ0n) is 11.9. The molecule has 4 heteroatoms. The van der Waals surface area contributed by atoms with E-state index >= 15 is 0 Å². The zero-order valence-corrected chi connectivity index (χ0v) is 11.9. The molecule has 108 valence electrons. The fourth-order valence-corrected chi connectivity index (χ4v) is 1.75. The SMILES string of the molecule is CCCNC(COC(C)CC)c1cccc(F)c1F. The van der Waals surface area contributed by atoms with Crippen LogP contribution < -0.4 is 5.32 Å². The molecule has 2 nitrogen and oxygen atoms in total. The summed E-state index contributed by atoms with van der Waals surface area (Å²) in [6, 6.07) is 3.94. The fraction of sp³-hybridized carbons (Fsp3) is 0.600. The first-order valence-corrected chi connectivity index (χ1v) is 6.89. The van der Waals surface area contributed by atoms with Gasteiger partial charge in [-0.2, -0.15) is 0 Å². The molecule has 1 aromatic rings. The second-order valence-electron chi connectivity index (χ2n) is 4.70. The highest BCUT2D eigenvalue weighted by Crippen LogP contribution is 2.20. The molecule has 2 unspecified atom stereocenters. The van der Waals surface area contributed by atoms with Crippen molar-refractivity contribution in [3.63, 3.8) is 0 Å². The van der Waals surface area contributed by atoms with Gasteiger partial charge in [0.15, 0.2) is 11.6 Å². The van der Waals surface area contributed by atoms with Crippen molar-refractivity contribution >= 4 is 0 Å². The van der Waals surface area contributed by atoms with Crippen molar-refractivity contribution in [2.24, 2.45) is 0 Å². The topological polar surface area (TPSA) is 21.3 Å². The first-order chi connectivity index (χ1) is 9.10. The lowest BCUT2D eigenvalue weighted by Crippen LogP contribution is -2.28. The summed E-state index contributed by atoms with van der Waals surface area (Å²) in [5.74, 6) is -1.60. The van der Waals surface area contributed by atoms with Gasteiger partial charge in [0.1, 0.15) is 0 Å². The van der Waals surface area contributed by atoms with Crippen LogP contribution in [-0.4, -0.2) is 19.3 Å². The van der Waals surface area contributed by atoms with Crippen LogP contribution in [0.1, 0.15) is 45.2 Å². The molecule has 0 saturated carbocycles. The lowest BCUT2D eigenvalue weighted by Gasteiger charge is -2.22. The quantitative estimate of drug-likeness (QED) is 0.776. The maximum Gasteiger partial charge on any atom is 0.163 e. The number of benzene rings is 1. The molecule has 0 aliphatic rings. The Morgan fingerprint density at radius 1 is 1.26 bits per heavy atom. The number of hydrogen-bond acceptors (Lipinski definition) is 2. The predicted molar refractivity (Wildman–Crippen MR) is 73.1 cm³/mol. The third-order valence-electron chi connectivity index (χ3n) is 3.12. The van der Waals surface area contributed by atoms with Crippen molar-refractivity contribution in [1.82, 2.24) is 5.32 Å². The molecule has 0 amide bonds. The van der Waals surface area contributed by atoms with Crippen molar-refractivity contribution in [1.29, 1.82) is 0 Å². The van der Waals surface area contributed by atoms with Gasteiger partial charge in [-0.25, -0.2) is 8.78 Å². The first kappa shape index (κ1) is 16.1. The Balaban J connectivity index is 2.80. The lowest BCUT2D eigenvalue weighted by molar-refractivity contribution is 0.0467. The molecular formula is C15H23F2NO. The van der Waals surface area contributed by atoms with E-state index in [4.69, 9.17) is 4.74 Å². The lowest BCUT2D eigenvalue weighted by atomic mass is 10.1. The van der Waals surface area contributed by atoms with Crippen molar-refractivity contribution in [3.05, 3.63) is 35.4 Å². The zero-order chi connectivity index (χ0) is 14.3. The standard InChI is InChI=1S/C15H23F2NO/c1-4-9-18-14(10-19-11(3)5-2)12-7-6-8-13(16)15(12)17/h6-8,11,14,18H,4-5,9-10H2,1-3H3. The number of hydrogen-bond donors (Lipinski definition) is 1. The van der Waals surface area contributed by atoms with E-state index in [1.54, 1.807) is 6.07 Å². The van der Waals surface area contributed by atoms with Crippen LogP contribution in [0.3, 0.4) is 0 Å². The Morgan fingerprint density at radius 2 is 2.00 bits per heavy atom. The summed E-state index contributed by atoms with van der Waals surface area (Å²) >= 11 is 0. The molecule has 1 aromatic carbocycles. The molecule has 0 fully saturated rings. The molecule has 0 spiro atoms. The fourth-order valence-electron chi connectivity index (χ4n) is 1.75. The van der Waals surface area contributed by atoms with Crippen LogP contribution in [0.25, 0.3) is 0 Å². The highest BCUT2D eigenvalue weighted by Gasteiger charge is 2.18. The van der Waals surface area contributed by atoms with Gasteiger partial charge in [-0.3, -0.25) is 0 Å². The monoisotopic (exact) mass is 271 g/mol. The largest absolute Gasteiger partial charge is 0.377 e. The Morgan fingerprint density at radius 3 is 2.63 bits per heavy atom. The van der Waals surface area contributed by atoms with Crippen LogP contribution in [-0.2, 0) is 4.74 Å². The van der Waals surface area contributed by atoms with Crippen molar-refractivity contribution < 1.29 is 13.5 Å². The van der Waals surface area contributed by atoms with E-state index in [1.807, 2.05) is 20.8 Å². The van der Waals surface area contributed by atoms with Crippen LogP contribution >= 0.6 is 0 Å². The smallest absolute Gasteiger partial charge is 0.163 e. The highest BCUT2D eigenvalue weighted by atomic mass is 19.2. The van der Waals surface area contributed by atoms with E-state index in [0.717, 1.165) is 25.5 Å². The van der Waals surface area contributed by atoms with E-state index in [2.05, 4.69) is 5.32 Å². The van der Waals surface area contributed by atoms with Crippen molar-refractivity contribution in [3.8, 4) is 0 Å². The van der Waals surface area contributed by atoms with Gasteiger partial charge in [0.2, 0.25) is 0 Å². The van der Waals surface area contributed by atoms with E-state index in [1.165, 1.54) is 6.07 Å². The van der Waals surface area contributed by atoms with E-state index in [-0.39, 0.29) is 12.1 Å². The molecule has 0 aromatic heterocycles. The molecule has 2 atom stereocenters. The van der Waals surface area contributed by atoms with Crippen LogP contribution in [0.4, 0.5) is 8.78 Å². The maximum absolute atomic E-state index is 13.8. The average Bonchev–Trinajstić information content (AvgIpc) is 2.42. The highest BCUT2D eigenvalue weighted by molar-refractivity contribution is 5.22. The Kier molecular flexibility index (Phi) is 6.95. The third kappa shape index (κ3) is 4.88. The summed E-state index contributed by atoms with van der Waals surface area (Å²) in [5, 5.41) is 3.20. The number of halogens is 2. The Bertz CT molecular complexity index is 384. The van der Waals surface area contributed by atoms with Gasteiger partial charge >= 0.3 is 0 Å². The second-order valence-corrected chi connectivity index (χ2v) is 4.70. The summed E-state index contributed by atoms with van der Waals surface area (Å²) in [4.78, 5) is 0. The van der Waals surface area contributed by atoms with Crippen LogP contribution in [0.2, 0.25) is 0 Å². The molecule has 0 saturated heterocycles. The van der Waals surface area contributed by atoms with E-state index < -0.39 is 11.6 Å². The number of ether oxygens (including phenoxy) is 1. The van der Waals surface area contributed by atoms with Gasteiger partial charge in [0.25, 0.3) is 0 Å². The average molecular weight is 271 g/mol. The number of nitrogens with one attached hydrogen (secondary N) is 1. The van der Waals surface area contributed by atoms with Gasteiger partial charge in [0.05, 0.1) is 18.8 Å². The molecule has 0 aliphatic carbocycles. The molecule has 1 N–H and O–H groups in total. The summed E-state index contributed by atoms with van der Waals surface area (Å²) in [6.45, 7) is 7.11. The molecule has 0 bridgehead atoms.